The minimum Gasteiger partial charge on any atom is -0.388 e. The summed E-state index contributed by atoms with van der Waals surface area (Å²) in [7, 11) is 0. The van der Waals surface area contributed by atoms with Crippen molar-refractivity contribution in [2.75, 3.05) is 0 Å². The molecule has 0 aliphatic heterocycles. The van der Waals surface area contributed by atoms with Gasteiger partial charge < -0.3 is 5.11 Å². The molecule has 2 aromatic rings. The first kappa shape index (κ1) is 12.3. The number of benzene rings is 2. The highest BCUT2D eigenvalue weighted by molar-refractivity contribution is 9.10. The molecular formula is C14H12BrFO. The molecule has 0 amide bonds. The van der Waals surface area contributed by atoms with E-state index in [1.165, 1.54) is 12.1 Å². The molecule has 0 heterocycles. The van der Waals surface area contributed by atoms with Crippen LogP contribution in [0.4, 0.5) is 4.39 Å². The van der Waals surface area contributed by atoms with Gasteiger partial charge >= 0.3 is 0 Å². The fourth-order valence-electron chi connectivity index (χ4n) is 1.69. The Hall–Kier alpha value is -1.19. The third-order valence-electron chi connectivity index (χ3n) is 2.57. The van der Waals surface area contributed by atoms with E-state index in [0.29, 0.717) is 6.42 Å². The van der Waals surface area contributed by atoms with E-state index in [1.807, 2.05) is 30.3 Å². The van der Waals surface area contributed by atoms with Crippen molar-refractivity contribution in [3.63, 3.8) is 0 Å². The number of rotatable bonds is 3. The predicted molar refractivity (Wildman–Crippen MR) is 69.2 cm³/mol. The van der Waals surface area contributed by atoms with Gasteiger partial charge in [-0.1, -0.05) is 40.2 Å². The molecule has 0 aliphatic rings. The Bertz CT molecular complexity index is 496. The lowest BCUT2D eigenvalue weighted by Gasteiger charge is -2.11. The summed E-state index contributed by atoms with van der Waals surface area (Å²) in [5.41, 5.74) is 1.62. The maximum absolute atomic E-state index is 13.0. The normalized spacial score (nSPS) is 12.4. The Morgan fingerprint density at radius 2 is 1.82 bits per heavy atom. The molecule has 0 fully saturated rings. The highest BCUT2D eigenvalue weighted by Gasteiger charge is 2.08. The van der Waals surface area contributed by atoms with Gasteiger partial charge in [-0.2, -0.15) is 0 Å². The van der Waals surface area contributed by atoms with E-state index in [9.17, 15) is 9.50 Å². The van der Waals surface area contributed by atoms with Crippen LogP contribution in [-0.4, -0.2) is 5.11 Å². The van der Waals surface area contributed by atoms with Gasteiger partial charge in [0.15, 0.2) is 0 Å². The lowest BCUT2D eigenvalue weighted by atomic mass is 10.0. The summed E-state index contributed by atoms with van der Waals surface area (Å²) in [6.45, 7) is 0. The van der Waals surface area contributed by atoms with E-state index in [1.54, 1.807) is 6.07 Å². The molecule has 0 aliphatic carbocycles. The van der Waals surface area contributed by atoms with Gasteiger partial charge in [-0.05, 0) is 35.4 Å². The van der Waals surface area contributed by atoms with E-state index in [-0.39, 0.29) is 5.82 Å². The summed E-state index contributed by atoms with van der Waals surface area (Å²) in [5, 5.41) is 10.0. The van der Waals surface area contributed by atoms with Crippen LogP contribution in [0.25, 0.3) is 0 Å². The summed E-state index contributed by atoms with van der Waals surface area (Å²) < 4.78 is 14.0. The Labute approximate surface area is 108 Å². The minimum atomic E-state index is -0.607. The van der Waals surface area contributed by atoms with Crippen LogP contribution >= 0.6 is 15.9 Å². The SMILES string of the molecule is OC(Cc1cccc(F)c1)c1ccc(Br)cc1. The second kappa shape index (κ2) is 5.43. The quantitative estimate of drug-likeness (QED) is 0.911. The van der Waals surface area contributed by atoms with E-state index in [2.05, 4.69) is 15.9 Å². The smallest absolute Gasteiger partial charge is 0.123 e. The first-order valence-electron chi connectivity index (χ1n) is 5.33. The number of halogens is 2. The second-order valence-corrected chi connectivity index (χ2v) is 4.82. The van der Waals surface area contributed by atoms with Crippen LogP contribution in [0, 0.1) is 5.82 Å². The first-order chi connectivity index (χ1) is 8.15. The van der Waals surface area contributed by atoms with Crippen molar-refractivity contribution in [3.05, 3.63) is 69.9 Å². The molecule has 0 saturated carbocycles. The fourth-order valence-corrected chi connectivity index (χ4v) is 1.95. The third-order valence-corrected chi connectivity index (χ3v) is 3.10. The van der Waals surface area contributed by atoms with Gasteiger partial charge in [0.05, 0.1) is 6.10 Å². The van der Waals surface area contributed by atoms with Gasteiger partial charge in [0, 0.05) is 10.9 Å². The van der Waals surface area contributed by atoms with Crippen LogP contribution in [0.3, 0.4) is 0 Å². The number of aliphatic hydroxyl groups excluding tert-OH is 1. The second-order valence-electron chi connectivity index (χ2n) is 3.90. The lowest BCUT2D eigenvalue weighted by Crippen LogP contribution is -2.01. The highest BCUT2D eigenvalue weighted by atomic mass is 79.9. The van der Waals surface area contributed by atoms with E-state index >= 15 is 0 Å². The van der Waals surface area contributed by atoms with Crippen LogP contribution in [0.1, 0.15) is 17.2 Å². The number of hydrogen-bond donors (Lipinski definition) is 1. The Kier molecular flexibility index (Phi) is 3.92. The molecule has 1 atom stereocenters. The number of hydrogen-bond acceptors (Lipinski definition) is 1. The van der Waals surface area contributed by atoms with Crippen molar-refractivity contribution in [1.82, 2.24) is 0 Å². The van der Waals surface area contributed by atoms with E-state index in [4.69, 9.17) is 0 Å². The van der Waals surface area contributed by atoms with Crippen LogP contribution in [0.5, 0.6) is 0 Å². The summed E-state index contributed by atoms with van der Waals surface area (Å²) in [6.07, 6.45) is -0.191. The van der Waals surface area contributed by atoms with Crippen molar-refractivity contribution in [1.29, 1.82) is 0 Å². The first-order valence-corrected chi connectivity index (χ1v) is 6.12. The summed E-state index contributed by atoms with van der Waals surface area (Å²) in [5.74, 6) is -0.273. The van der Waals surface area contributed by atoms with Gasteiger partial charge in [0.1, 0.15) is 5.82 Å². The van der Waals surface area contributed by atoms with E-state index in [0.717, 1.165) is 15.6 Å². The van der Waals surface area contributed by atoms with Crippen molar-refractivity contribution >= 4 is 15.9 Å². The van der Waals surface area contributed by atoms with E-state index < -0.39 is 6.10 Å². The summed E-state index contributed by atoms with van der Waals surface area (Å²) >= 11 is 3.34. The van der Waals surface area contributed by atoms with Crippen LogP contribution in [-0.2, 0) is 6.42 Å². The maximum atomic E-state index is 13.0. The van der Waals surface area contributed by atoms with Crippen molar-refractivity contribution in [3.8, 4) is 0 Å². The van der Waals surface area contributed by atoms with Gasteiger partial charge in [-0.25, -0.2) is 4.39 Å². The molecule has 2 aromatic carbocycles. The molecule has 1 unspecified atom stereocenters. The fraction of sp³-hybridized carbons (Fsp3) is 0.143. The highest BCUT2D eigenvalue weighted by Crippen LogP contribution is 2.20. The summed E-state index contributed by atoms with van der Waals surface area (Å²) in [4.78, 5) is 0. The zero-order valence-electron chi connectivity index (χ0n) is 9.11. The van der Waals surface area contributed by atoms with Crippen molar-refractivity contribution < 1.29 is 9.50 Å². The van der Waals surface area contributed by atoms with Gasteiger partial charge in [0.25, 0.3) is 0 Å². The molecule has 0 aromatic heterocycles. The Morgan fingerprint density at radius 1 is 1.12 bits per heavy atom. The van der Waals surface area contributed by atoms with Gasteiger partial charge in [-0.15, -0.1) is 0 Å². The standard InChI is InChI=1S/C14H12BrFO/c15-12-6-4-11(5-7-12)14(17)9-10-2-1-3-13(16)8-10/h1-8,14,17H,9H2. The average Bonchev–Trinajstić information content (AvgIpc) is 2.29. The lowest BCUT2D eigenvalue weighted by molar-refractivity contribution is 0.178. The van der Waals surface area contributed by atoms with Crippen LogP contribution in [0.15, 0.2) is 53.0 Å². The van der Waals surface area contributed by atoms with Crippen LogP contribution in [0.2, 0.25) is 0 Å². The average molecular weight is 295 g/mol. The van der Waals surface area contributed by atoms with Gasteiger partial charge in [-0.3, -0.25) is 0 Å². The molecule has 0 radical (unpaired) electrons. The minimum absolute atomic E-state index is 0.273. The maximum Gasteiger partial charge on any atom is 0.123 e. The van der Waals surface area contributed by atoms with Crippen LogP contribution < -0.4 is 0 Å². The van der Waals surface area contributed by atoms with Crippen molar-refractivity contribution in [2.24, 2.45) is 0 Å². The topological polar surface area (TPSA) is 20.2 Å². The monoisotopic (exact) mass is 294 g/mol. The zero-order valence-corrected chi connectivity index (χ0v) is 10.7. The largest absolute Gasteiger partial charge is 0.388 e. The number of aliphatic hydroxyl groups is 1. The molecular weight excluding hydrogens is 283 g/mol. The molecule has 1 N–H and O–H groups in total. The molecule has 88 valence electrons. The Morgan fingerprint density at radius 3 is 2.47 bits per heavy atom. The molecule has 17 heavy (non-hydrogen) atoms. The predicted octanol–water partition coefficient (Wildman–Crippen LogP) is 3.86. The molecule has 2 rings (SSSR count). The molecule has 3 heteroatoms. The van der Waals surface area contributed by atoms with Gasteiger partial charge in [0.2, 0.25) is 0 Å². The van der Waals surface area contributed by atoms with Crippen molar-refractivity contribution in [2.45, 2.75) is 12.5 Å². The Balaban J connectivity index is 2.11. The molecule has 0 saturated heterocycles. The molecule has 1 nitrogen and oxygen atoms in total. The summed E-state index contributed by atoms with van der Waals surface area (Å²) in [6, 6.07) is 13.8. The third kappa shape index (κ3) is 3.38. The zero-order chi connectivity index (χ0) is 12.3. The molecule has 0 spiro atoms. The molecule has 0 bridgehead atoms.